The molecule has 2 nitrogen and oxygen atoms in total. The molecular formula is C12H18O2. The molecule has 0 aliphatic carbocycles. The van der Waals surface area contributed by atoms with Gasteiger partial charge in [-0.05, 0) is 43.9 Å². The Bertz CT molecular complexity index is 258. The van der Waals surface area contributed by atoms with Crippen LogP contribution in [0.25, 0.3) is 0 Å². The van der Waals surface area contributed by atoms with E-state index in [9.17, 15) is 0 Å². The summed E-state index contributed by atoms with van der Waals surface area (Å²) < 4.78 is 5.55. The van der Waals surface area contributed by atoms with Crippen molar-refractivity contribution in [2.45, 2.75) is 26.2 Å². The lowest BCUT2D eigenvalue weighted by molar-refractivity contribution is 0.266. The molecule has 78 valence electrons. The monoisotopic (exact) mass is 194 g/mol. The van der Waals surface area contributed by atoms with Gasteiger partial charge in [-0.3, -0.25) is 0 Å². The molecule has 0 saturated heterocycles. The molecule has 0 aliphatic rings. The van der Waals surface area contributed by atoms with Crippen molar-refractivity contribution in [1.29, 1.82) is 0 Å². The average Bonchev–Trinajstić information content (AvgIpc) is 2.18. The van der Waals surface area contributed by atoms with Gasteiger partial charge in [0.05, 0.1) is 6.61 Å². The van der Waals surface area contributed by atoms with Crippen LogP contribution in [0.3, 0.4) is 0 Å². The van der Waals surface area contributed by atoms with E-state index in [2.05, 4.69) is 13.0 Å². The smallest absolute Gasteiger partial charge is 0.119 e. The summed E-state index contributed by atoms with van der Waals surface area (Å²) in [6, 6.07) is 8.06. The molecule has 0 radical (unpaired) electrons. The molecule has 0 aromatic heterocycles. The highest BCUT2D eigenvalue weighted by Crippen LogP contribution is 2.12. The van der Waals surface area contributed by atoms with Gasteiger partial charge in [-0.15, -0.1) is 0 Å². The fourth-order valence-corrected chi connectivity index (χ4v) is 1.29. The Labute approximate surface area is 85.5 Å². The standard InChI is InChI=1S/C12H18O2/c1-11-6-5-7-12(10-11)14-9-4-2-3-8-13/h5-7,10,13H,2-4,8-9H2,1H3. The van der Waals surface area contributed by atoms with Crippen molar-refractivity contribution in [3.8, 4) is 5.75 Å². The summed E-state index contributed by atoms with van der Waals surface area (Å²) in [7, 11) is 0. The summed E-state index contributed by atoms with van der Waals surface area (Å²) in [5.74, 6) is 0.939. The highest BCUT2D eigenvalue weighted by atomic mass is 16.5. The van der Waals surface area contributed by atoms with Crippen molar-refractivity contribution in [1.82, 2.24) is 0 Å². The van der Waals surface area contributed by atoms with E-state index in [4.69, 9.17) is 9.84 Å². The summed E-state index contributed by atoms with van der Waals surface area (Å²) in [5, 5.41) is 8.58. The summed E-state index contributed by atoms with van der Waals surface area (Å²) >= 11 is 0. The van der Waals surface area contributed by atoms with Crippen molar-refractivity contribution >= 4 is 0 Å². The van der Waals surface area contributed by atoms with Gasteiger partial charge < -0.3 is 9.84 Å². The highest BCUT2D eigenvalue weighted by molar-refractivity contribution is 5.27. The molecule has 1 aromatic rings. The van der Waals surface area contributed by atoms with Crippen molar-refractivity contribution in [2.24, 2.45) is 0 Å². The first-order valence-electron chi connectivity index (χ1n) is 5.13. The van der Waals surface area contributed by atoms with E-state index < -0.39 is 0 Å². The zero-order valence-electron chi connectivity index (χ0n) is 8.70. The molecule has 0 fully saturated rings. The third-order valence-corrected chi connectivity index (χ3v) is 2.06. The van der Waals surface area contributed by atoms with Gasteiger partial charge >= 0.3 is 0 Å². The molecule has 0 aliphatic heterocycles. The zero-order valence-corrected chi connectivity index (χ0v) is 8.70. The van der Waals surface area contributed by atoms with Crippen molar-refractivity contribution < 1.29 is 9.84 Å². The van der Waals surface area contributed by atoms with Crippen LogP contribution in [0.2, 0.25) is 0 Å². The molecule has 0 heterocycles. The fraction of sp³-hybridized carbons (Fsp3) is 0.500. The van der Waals surface area contributed by atoms with Crippen molar-refractivity contribution in [3.63, 3.8) is 0 Å². The van der Waals surface area contributed by atoms with Crippen LogP contribution in [0.15, 0.2) is 24.3 Å². The maximum atomic E-state index is 8.58. The minimum atomic E-state index is 0.282. The van der Waals surface area contributed by atoms with E-state index in [0.717, 1.165) is 31.6 Å². The van der Waals surface area contributed by atoms with Gasteiger partial charge in [-0.2, -0.15) is 0 Å². The van der Waals surface area contributed by atoms with Crippen LogP contribution in [0.5, 0.6) is 5.75 Å². The first-order valence-corrected chi connectivity index (χ1v) is 5.13. The number of aliphatic hydroxyl groups excluding tert-OH is 1. The number of aliphatic hydroxyl groups is 1. The lowest BCUT2D eigenvalue weighted by Gasteiger charge is -2.05. The maximum absolute atomic E-state index is 8.58. The number of benzene rings is 1. The summed E-state index contributed by atoms with van der Waals surface area (Å²) in [6.07, 6.45) is 2.91. The van der Waals surface area contributed by atoms with Crippen LogP contribution in [-0.2, 0) is 0 Å². The lowest BCUT2D eigenvalue weighted by Crippen LogP contribution is -1.97. The number of unbranched alkanes of at least 4 members (excludes halogenated alkanes) is 2. The van der Waals surface area contributed by atoms with Crippen LogP contribution in [-0.4, -0.2) is 18.3 Å². The Balaban J connectivity index is 2.18. The Morgan fingerprint density at radius 2 is 2.07 bits per heavy atom. The zero-order chi connectivity index (χ0) is 10.2. The van der Waals surface area contributed by atoms with Gasteiger partial charge in [-0.25, -0.2) is 0 Å². The third-order valence-electron chi connectivity index (χ3n) is 2.06. The van der Waals surface area contributed by atoms with Gasteiger partial charge in [0, 0.05) is 6.61 Å². The predicted octanol–water partition coefficient (Wildman–Crippen LogP) is 2.54. The molecule has 2 heteroatoms. The first-order chi connectivity index (χ1) is 6.83. The minimum Gasteiger partial charge on any atom is -0.494 e. The van der Waals surface area contributed by atoms with Gasteiger partial charge in [0.15, 0.2) is 0 Å². The molecule has 0 spiro atoms. The quantitative estimate of drug-likeness (QED) is 0.705. The molecule has 14 heavy (non-hydrogen) atoms. The molecule has 1 rings (SSSR count). The molecular weight excluding hydrogens is 176 g/mol. The number of hydrogen-bond donors (Lipinski definition) is 1. The normalized spacial score (nSPS) is 10.1. The van der Waals surface area contributed by atoms with Crippen molar-refractivity contribution in [2.75, 3.05) is 13.2 Å². The summed E-state index contributed by atoms with van der Waals surface area (Å²) in [6.45, 7) is 3.08. The van der Waals surface area contributed by atoms with Gasteiger partial charge in [0.25, 0.3) is 0 Å². The maximum Gasteiger partial charge on any atom is 0.119 e. The second-order valence-electron chi connectivity index (χ2n) is 3.45. The van der Waals surface area contributed by atoms with Gasteiger partial charge in [-0.1, -0.05) is 12.1 Å². The summed E-state index contributed by atoms with van der Waals surface area (Å²) in [4.78, 5) is 0. The van der Waals surface area contributed by atoms with E-state index >= 15 is 0 Å². The van der Waals surface area contributed by atoms with E-state index in [1.807, 2.05) is 18.2 Å². The van der Waals surface area contributed by atoms with Crippen LogP contribution < -0.4 is 4.74 Å². The molecule has 0 unspecified atom stereocenters. The molecule has 1 N–H and O–H groups in total. The molecule has 0 bridgehead atoms. The second-order valence-corrected chi connectivity index (χ2v) is 3.45. The van der Waals surface area contributed by atoms with Gasteiger partial charge in [0.2, 0.25) is 0 Å². The van der Waals surface area contributed by atoms with E-state index in [-0.39, 0.29) is 6.61 Å². The third kappa shape index (κ3) is 4.28. The van der Waals surface area contributed by atoms with Crippen LogP contribution >= 0.6 is 0 Å². The number of rotatable bonds is 6. The van der Waals surface area contributed by atoms with Crippen molar-refractivity contribution in [3.05, 3.63) is 29.8 Å². The Hall–Kier alpha value is -1.02. The number of hydrogen-bond acceptors (Lipinski definition) is 2. The molecule has 0 saturated carbocycles. The fourth-order valence-electron chi connectivity index (χ4n) is 1.29. The Kier molecular flexibility index (Phi) is 5.08. The number of aryl methyl sites for hydroxylation is 1. The largest absolute Gasteiger partial charge is 0.494 e. The predicted molar refractivity (Wildman–Crippen MR) is 57.6 cm³/mol. The Morgan fingerprint density at radius 3 is 2.79 bits per heavy atom. The topological polar surface area (TPSA) is 29.5 Å². The molecule has 1 aromatic carbocycles. The van der Waals surface area contributed by atoms with Crippen LogP contribution in [0, 0.1) is 6.92 Å². The number of ether oxygens (including phenoxy) is 1. The highest BCUT2D eigenvalue weighted by Gasteiger charge is 1.93. The average molecular weight is 194 g/mol. The second kappa shape index (κ2) is 6.44. The van der Waals surface area contributed by atoms with Gasteiger partial charge in [0.1, 0.15) is 5.75 Å². The Morgan fingerprint density at radius 1 is 1.21 bits per heavy atom. The molecule has 0 amide bonds. The minimum absolute atomic E-state index is 0.282. The van der Waals surface area contributed by atoms with E-state index in [1.165, 1.54) is 5.56 Å². The van der Waals surface area contributed by atoms with E-state index in [0.29, 0.717) is 0 Å². The summed E-state index contributed by atoms with van der Waals surface area (Å²) in [5.41, 5.74) is 1.22. The van der Waals surface area contributed by atoms with Crippen LogP contribution in [0.1, 0.15) is 24.8 Å². The SMILES string of the molecule is Cc1cccc(OCCCCCO)c1. The first kappa shape index (κ1) is 11.1. The molecule has 0 atom stereocenters. The van der Waals surface area contributed by atoms with E-state index in [1.54, 1.807) is 0 Å². The van der Waals surface area contributed by atoms with Crippen LogP contribution in [0.4, 0.5) is 0 Å². The lowest BCUT2D eigenvalue weighted by atomic mass is 10.2.